The van der Waals surface area contributed by atoms with E-state index in [0.717, 1.165) is 45.4 Å². The van der Waals surface area contributed by atoms with E-state index in [9.17, 15) is 4.79 Å². The molecule has 0 aromatic rings. The Morgan fingerprint density at radius 1 is 1.18 bits per heavy atom. The summed E-state index contributed by atoms with van der Waals surface area (Å²) in [4.78, 5) is 16.0. The number of carbonyl (C=O) groups excluding carboxylic acids is 1. The smallest absolute Gasteiger partial charge is 0.124 e. The van der Waals surface area contributed by atoms with Gasteiger partial charge in [-0.15, -0.1) is 0 Å². The van der Waals surface area contributed by atoms with Crippen LogP contribution in [0.15, 0.2) is 0 Å². The maximum absolute atomic E-state index is 11.0. The van der Waals surface area contributed by atoms with Gasteiger partial charge in [-0.3, -0.25) is 4.90 Å². The Kier molecular flexibility index (Phi) is 6.75. The van der Waals surface area contributed by atoms with E-state index in [-0.39, 0.29) is 5.92 Å². The van der Waals surface area contributed by atoms with Crippen LogP contribution in [0, 0.1) is 5.92 Å². The van der Waals surface area contributed by atoms with Crippen molar-refractivity contribution in [3.05, 3.63) is 0 Å². The van der Waals surface area contributed by atoms with E-state index < -0.39 is 0 Å². The van der Waals surface area contributed by atoms with Crippen molar-refractivity contribution in [1.29, 1.82) is 0 Å². The quantitative estimate of drug-likeness (QED) is 0.636. The molecule has 1 heterocycles. The molecule has 100 valence electrons. The third kappa shape index (κ3) is 5.17. The van der Waals surface area contributed by atoms with Crippen molar-refractivity contribution in [3.63, 3.8) is 0 Å². The summed E-state index contributed by atoms with van der Waals surface area (Å²) in [5.41, 5.74) is 0. The fraction of sp³-hybridized carbons (Fsp3) is 0.929. The summed E-state index contributed by atoms with van der Waals surface area (Å²) in [6.07, 6.45) is 4.58. The fourth-order valence-corrected chi connectivity index (χ4v) is 2.46. The van der Waals surface area contributed by atoms with E-state index in [4.69, 9.17) is 0 Å². The lowest BCUT2D eigenvalue weighted by molar-refractivity contribution is -0.112. The van der Waals surface area contributed by atoms with Gasteiger partial charge in [-0.25, -0.2) is 0 Å². The lowest BCUT2D eigenvalue weighted by Crippen LogP contribution is -2.50. The van der Waals surface area contributed by atoms with Crippen molar-refractivity contribution >= 4 is 6.29 Å². The average Bonchev–Trinajstić information content (AvgIpc) is 2.35. The number of aldehydes is 1. The molecule has 0 N–H and O–H groups in total. The number of piperazine rings is 1. The van der Waals surface area contributed by atoms with E-state index >= 15 is 0 Å². The number of hydrogen-bond donors (Lipinski definition) is 0. The van der Waals surface area contributed by atoms with Gasteiger partial charge in [0.1, 0.15) is 6.29 Å². The topological polar surface area (TPSA) is 23.6 Å². The van der Waals surface area contributed by atoms with Crippen LogP contribution in [-0.2, 0) is 4.79 Å². The molecule has 1 aliphatic rings. The summed E-state index contributed by atoms with van der Waals surface area (Å²) in [6.45, 7) is 12.2. The molecule has 1 atom stereocenters. The van der Waals surface area contributed by atoms with Crippen LogP contribution in [0.4, 0.5) is 0 Å². The monoisotopic (exact) mass is 240 g/mol. The highest BCUT2D eigenvalue weighted by molar-refractivity contribution is 5.53. The first-order valence-corrected chi connectivity index (χ1v) is 7.09. The van der Waals surface area contributed by atoms with Crippen molar-refractivity contribution in [2.75, 3.05) is 32.7 Å². The molecular formula is C14H28N2O. The zero-order valence-corrected chi connectivity index (χ0v) is 11.7. The number of carbonyl (C=O) groups is 1. The van der Waals surface area contributed by atoms with E-state index in [1.165, 1.54) is 12.8 Å². The molecule has 0 aliphatic carbocycles. The zero-order valence-electron chi connectivity index (χ0n) is 11.7. The second kappa shape index (κ2) is 7.83. The summed E-state index contributed by atoms with van der Waals surface area (Å²) in [5, 5.41) is 0. The number of hydrogen-bond acceptors (Lipinski definition) is 3. The summed E-state index contributed by atoms with van der Waals surface area (Å²) < 4.78 is 0. The summed E-state index contributed by atoms with van der Waals surface area (Å²) in [7, 11) is 0. The van der Waals surface area contributed by atoms with Gasteiger partial charge in [0.15, 0.2) is 0 Å². The van der Waals surface area contributed by atoms with E-state index in [1.807, 2.05) is 0 Å². The Balaban J connectivity index is 2.26. The number of rotatable bonds is 7. The molecule has 1 saturated heterocycles. The van der Waals surface area contributed by atoms with Crippen LogP contribution in [0.3, 0.4) is 0 Å². The van der Waals surface area contributed by atoms with Gasteiger partial charge in [-0.05, 0) is 20.3 Å². The van der Waals surface area contributed by atoms with Crippen LogP contribution in [0.5, 0.6) is 0 Å². The molecule has 1 unspecified atom stereocenters. The van der Waals surface area contributed by atoms with Crippen molar-refractivity contribution in [2.45, 2.75) is 46.1 Å². The zero-order chi connectivity index (χ0) is 12.7. The standard InChI is InChI=1S/C14H28N2O/c1-4-5-6-14(12-17)11-15-7-9-16(10-8-15)13(2)3/h12-14H,4-11H2,1-3H3. The molecule has 0 bridgehead atoms. The lowest BCUT2D eigenvalue weighted by atomic mass is 10.0. The van der Waals surface area contributed by atoms with E-state index in [2.05, 4.69) is 30.6 Å². The summed E-state index contributed by atoms with van der Waals surface area (Å²) >= 11 is 0. The van der Waals surface area contributed by atoms with E-state index in [1.54, 1.807) is 0 Å². The molecule has 17 heavy (non-hydrogen) atoms. The first-order chi connectivity index (χ1) is 8.17. The Hall–Kier alpha value is -0.410. The highest BCUT2D eigenvalue weighted by Crippen LogP contribution is 2.11. The van der Waals surface area contributed by atoms with Crippen molar-refractivity contribution in [1.82, 2.24) is 9.80 Å². The minimum atomic E-state index is 0.251. The van der Waals surface area contributed by atoms with Gasteiger partial charge < -0.3 is 9.69 Å². The van der Waals surface area contributed by atoms with Crippen LogP contribution in [0.25, 0.3) is 0 Å². The average molecular weight is 240 g/mol. The fourth-order valence-electron chi connectivity index (χ4n) is 2.46. The van der Waals surface area contributed by atoms with Crippen molar-refractivity contribution < 1.29 is 4.79 Å². The molecule has 0 spiro atoms. The second-order valence-corrected chi connectivity index (χ2v) is 5.47. The largest absolute Gasteiger partial charge is 0.303 e. The number of unbranched alkanes of at least 4 members (excludes halogenated alkanes) is 1. The highest BCUT2D eigenvalue weighted by Gasteiger charge is 2.20. The molecule has 1 fully saturated rings. The Labute approximate surface area is 106 Å². The SMILES string of the molecule is CCCCC(C=O)CN1CCN(C(C)C)CC1. The minimum Gasteiger partial charge on any atom is -0.303 e. The third-order valence-corrected chi connectivity index (χ3v) is 3.75. The summed E-state index contributed by atoms with van der Waals surface area (Å²) in [6, 6.07) is 0.652. The normalized spacial score (nSPS) is 20.7. The van der Waals surface area contributed by atoms with Crippen molar-refractivity contribution in [2.24, 2.45) is 5.92 Å². The van der Waals surface area contributed by atoms with Gasteiger partial charge in [0.2, 0.25) is 0 Å². The first kappa shape index (κ1) is 14.7. The van der Waals surface area contributed by atoms with Crippen LogP contribution in [0.1, 0.15) is 40.0 Å². The van der Waals surface area contributed by atoms with Crippen LogP contribution >= 0.6 is 0 Å². The van der Waals surface area contributed by atoms with Gasteiger partial charge in [0.05, 0.1) is 0 Å². The van der Waals surface area contributed by atoms with Gasteiger partial charge >= 0.3 is 0 Å². The Morgan fingerprint density at radius 3 is 2.29 bits per heavy atom. The lowest BCUT2D eigenvalue weighted by Gasteiger charge is -2.37. The molecule has 1 rings (SSSR count). The maximum Gasteiger partial charge on any atom is 0.124 e. The predicted octanol–water partition coefficient (Wildman–Crippen LogP) is 2.02. The summed E-state index contributed by atoms with van der Waals surface area (Å²) in [5.74, 6) is 0.251. The van der Waals surface area contributed by atoms with Crippen molar-refractivity contribution in [3.8, 4) is 0 Å². The highest BCUT2D eigenvalue weighted by atomic mass is 16.1. The third-order valence-electron chi connectivity index (χ3n) is 3.75. The molecule has 0 aromatic carbocycles. The van der Waals surface area contributed by atoms with Crippen LogP contribution in [0.2, 0.25) is 0 Å². The first-order valence-electron chi connectivity index (χ1n) is 7.09. The Morgan fingerprint density at radius 2 is 1.82 bits per heavy atom. The van der Waals surface area contributed by atoms with E-state index in [0.29, 0.717) is 6.04 Å². The molecule has 3 nitrogen and oxygen atoms in total. The van der Waals surface area contributed by atoms with Crippen LogP contribution < -0.4 is 0 Å². The molecule has 0 aromatic heterocycles. The molecule has 0 amide bonds. The number of nitrogens with zero attached hydrogens (tertiary/aromatic N) is 2. The van der Waals surface area contributed by atoms with Gasteiger partial charge in [0, 0.05) is 44.7 Å². The maximum atomic E-state index is 11.0. The second-order valence-electron chi connectivity index (χ2n) is 5.47. The molecule has 0 saturated carbocycles. The van der Waals surface area contributed by atoms with Crippen LogP contribution in [-0.4, -0.2) is 54.9 Å². The molecular weight excluding hydrogens is 212 g/mol. The predicted molar refractivity (Wildman–Crippen MR) is 72.2 cm³/mol. The van der Waals surface area contributed by atoms with Gasteiger partial charge in [-0.1, -0.05) is 19.8 Å². The molecule has 0 radical (unpaired) electrons. The van der Waals surface area contributed by atoms with Gasteiger partial charge in [0.25, 0.3) is 0 Å². The molecule has 1 aliphatic heterocycles. The molecule has 3 heteroatoms. The van der Waals surface area contributed by atoms with Gasteiger partial charge in [-0.2, -0.15) is 0 Å². The Bertz CT molecular complexity index is 210. The minimum absolute atomic E-state index is 0.251.